The molecule has 1 saturated heterocycles. The number of para-hydroxylation sites is 1. The highest BCUT2D eigenvalue weighted by molar-refractivity contribution is 6.30. The molecule has 4 aromatic rings. The maximum absolute atomic E-state index is 13.9. The van der Waals surface area contributed by atoms with Gasteiger partial charge in [-0.3, -0.25) is 9.59 Å². The number of nitrogens with zero attached hydrogens (tertiary/aromatic N) is 3. The molecule has 0 spiro atoms. The van der Waals surface area contributed by atoms with Crippen molar-refractivity contribution in [3.8, 4) is 16.9 Å². The van der Waals surface area contributed by atoms with Crippen LogP contribution in [0.4, 0.5) is 0 Å². The van der Waals surface area contributed by atoms with E-state index >= 15 is 0 Å². The van der Waals surface area contributed by atoms with E-state index < -0.39 is 5.91 Å². The lowest BCUT2D eigenvalue weighted by Gasteiger charge is -2.35. The molecule has 2 amide bonds. The fourth-order valence-corrected chi connectivity index (χ4v) is 4.77. The van der Waals surface area contributed by atoms with E-state index in [1.54, 1.807) is 39.9 Å². The predicted octanol–water partition coefficient (Wildman–Crippen LogP) is 5.60. The molecule has 3 aromatic carbocycles. The lowest BCUT2D eigenvalue weighted by molar-refractivity contribution is -0.139. The van der Waals surface area contributed by atoms with Crippen LogP contribution in [0.15, 0.2) is 96.8 Å². The Bertz CT molecular complexity index is 1470. The van der Waals surface area contributed by atoms with Gasteiger partial charge in [0.1, 0.15) is 11.4 Å². The highest BCUT2D eigenvalue weighted by Gasteiger charge is 2.29. The molecule has 198 valence electrons. The van der Waals surface area contributed by atoms with Gasteiger partial charge < -0.3 is 15.0 Å². The maximum atomic E-state index is 13.9. The molecule has 1 fully saturated rings. The van der Waals surface area contributed by atoms with E-state index in [-0.39, 0.29) is 23.8 Å². The minimum atomic E-state index is -0.405. The Morgan fingerprint density at radius 1 is 0.923 bits per heavy atom. The molecular weight excluding hydrogens is 512 g/mol. The van der Waals surface area contributed by atoms with Gasteiger partial charge in [-0.25, -0.2) is 4.68 Å². The number of hydrogen-bond donors (Lipinski definition) is 1. The molecular formula is C31H29ClN4O3. The topological polar surface area (TPSA) is 76.5 Å². The van der Waals surface area contributed by atoms with Crippen molar-refractivity contribution in [2.45, 2.75) is 26.1 Å². The van der Waals surface area contributed by atoms with Gasteiger partial charge in [0.05, 0.1) is 17.9 Å². The number of morpholine rings is 1. The first-order valence-corrected chi connectivity index (χ1v) is 13.2. The highest BCUT2D eigenvalue weighted by Crippen LogP contribution is 2.26. The van der Waals surface area contributed by atoms with Crippen LogP contribution < -0.4 is 5.32 Å². The van der Waals surface area contributed by atoms with Gasteiger partial charge in [-0.2, -0.15) is 5.10 Å². The molecule has 7 nitrogen and oxygen atoms in total. The third-order valence-electron chi connectivity index (χ3n) is 6.40. The van der Waals surface area contributed by atoms with Gasteiger partial charge >= 0.3 is 0 Å². The molecule has 8 heteroatoms. The molecule has 2 atom stereocenters. The average molecular weight is 541 g/mol. The molecule has 1 N–H and O–H groups in total. The van der Waals surface area contributed by atoms with E-state index in [2.05, 4.69) is 5.32 Å². The number of carbonyl (C=O) groups excluding carboxylic acids is 2. The number of carbonyl (C=O) groups is 2. The zero-order valence-electron chi connectivity index (χ0n) is 21.8. The standard InChI is InChI=1S/C31H29ClN4O3/c1-21-18-35(19-22(2)39-21)31(38)28(33-30(37)24-13-15-26(32)16-14-24)17-25-20-36(27-11-7-4-8-12-27)34-29(25)23-9-5-3-6-10-23/h3-17,20-22H,18-19H2,1-2H3,(H,33,37)/b28-17-/t21-,22+. The van der Waals surface area contributed by atoms with Gasteiger partial charge in [0.15, 0.2) is 0 Å². The quantitative estimate of drug-likeness (QED) is 0.323. The van der Waals surface area contributed by atoms with E-state index in [0.29, 0.717) is 34.9 Å². The van der Waals surface area contributed by atoms with Crippen molar-refractivity contribution < 1.29 is 14.3 Å². The Morgan fingerprint density at radius 2 is 1.54 bits per heavy atom. The number of rotatable bonds is 6. The Labute approximate surface area is 232 Å². The van der Waals surface area contributed by atoms with Gasteiger partial charge in [0.25, 0.3) is 11.8 Å². The Balaban J connectivity index is 1.59. The van der Waals surface area contributed by atoms with E-state index in [1.807, 2.05) is 80.7 Å². The molecule has 0 saturated carbocycles. The van der Waals surface area contributed by atoms with E-state index in [1.165, 1.54) is 0 Å². The van der Waals surface area contributed by atoms with Crippen molar-refractivity contribution in [2.75, 3.05) is 13.1 Å². The van der Waals surface area contributed by atoms with Crippen molar-refractivity contribution in [1.82, 2.24) is 20.0 Å². The van der Waals surface area contributed by atoms with Gasteiger partial charge in [0, 0.05) is 41.0 Å². The smallest absolute Gasteiger partial charge is 0.270 e. The van der Waals surface area contributed by atoms with Crippen molar-refractivity contribution >= 4 is 29.5 Å². The zero-order valence-corrected chi connectivity index (χ0v) is 22.5. The molecule has 5 rings (SSSR count). The van der Waals surface area contributed by atoms with Crippen molar-refractivity contribution in [3.63, 3.8) is 0 Å². The number of ether oxygens (including phenoxy) is 1. The number of halogens is 1. The van der Waals surface area contributed by atoms with E-state index in [0.717, 1.165) is 11.3 Å². The average Bonchev–Trinajstić information content (AvgIpc) is 3.37. The number of hydrogen-bond acceptors (Lipinski definition) is 4. The second kappa shape index (κ2) is 11.7. The largest absolute Gasteiger partial charge is 0.372 e. The predicted molar refractivity (Wildman–Crippen MR) is 152 cm³/mol. The van der Waals surface area contributed by atoms with Crippen LogP contribution in [0.2, 0.25) is 5.02 Å². The van der Waals surface area contributed by atoms with Gasteiger partial charge in [-0.1, -0.05) is 60.1 Å². The summed E-state index contributed by atoms with van der Waals surface area (Å²) in [5.74, 6) is -0.692. The monoisotopic (exact) mass is 540 g/mol. The van der Waals surface area contributed by atoms with Crippen molar-refractivity contribution in [3.05, 3.63) is 113 Å². The van der Waals surface area contributed by atoms with Crippen LogP contribution in [0.1, 0.15) is 29.8 Å². The summed E-state index contributed by atoms with van der Waals surface area (Å²) >= 11 is 6.01. The molecule has 1 aliphatic rings. The molecule has 1 aliphatic heterocycles. The van der Waals surface area contributed by atoms with Crippen LogP contribution in [0.25, 0.3) is 23.0 Å². The second-order valence-corrected chi connectivity index (χ2v) is 10.0. The van der Waals surface area contributed by atoms with Gasteiger partial charge in [-0.15, -0.1) is 0 Å². The van der Waals surface area contributed by atoms with Crippen molar-refractivity contribution in [1.29, 1.82) is 0 Å². The molecule has 0 radical (unpaired) electrons. The van der Waals surface area contributed by atoms with Crippen LogP contribution in [0.3, 0.4) is 0 Å². The molecule has 39 heavy (non-hydrogen) atoms. The number of nitrogens with one attached hydrogen (secondary N) is 1. The fraction of sp³-hybridized carbons (Fsp3) is 0.194. The summed E-state index contributed by atoms with van der Waals surface area (Å²) < 4.78 is 7.60. The third kappa shape index (κ3) is 6.28. The van der Waals surface area contributed by atoms with Crippen LogP contribution in [-0.4, -0.2) is 51.8 Å². The first-order chi connectivity index (χ1) is 18.9. The Morgan fingerprint density at radius 3 is 2.18 bits per heavy atom. The highest BCUT2D eigenvalue weighted by atomic mass is 35.5. The lowest BCUT2D eigenvalue weighted by Crippen LogP contribution is -2.50. The summed E-state index contributed by atoms with van der Waals surface area (Å²) in [4.78, 5) is 28.8. The first-order valence-electron chi connectivity index (χ1n) is 12.8. The lowest BCUT2D eigenvalue weighted by atomic mass is 10.1. The number of amides is 2. The summed E-state index contributed by atoms with van der Waals surface area (Å²) in [5.41, 5.74) is 3.70. The summed E-state index contributed by atoms with van der Waals surface area (Å²) in [7, 11) is 0. The fourth-order valence-electron chi connectivity index (χ4n) is 4.64. The van der Waals surface area contributed by atoms with Crippen LogP contribution in [0.5, 0.6) is 0 Å². The minimum Gasteiger partial charge on any atom is -0.372 e. The normalized spacial score (nSPS) is 17.6. The summed E-state index contributed by atoms with van der Waals surface area (Å²) in [5, 5.41) is 8.24. The summed E-state index contributed by atoms with van der Waals surface area (Å²) in [6.45, 7) is 4.71. The minimum absolute atomic E-state index is 0.119. The third-order valence-corrected chi connectivity index (χ3v) is 6.65. The maximum Gasteiger partial charge on any atom is 0.270 e. The second-order valence-electron chi connectivity index (χ2n) is 9.57. The van der Waals surface area contributed by atoms with Crippen LogP contribution in [-0.2, 0) is 9.53 Å². The summed E-state index contributed by atoms with van der Waals surface area (Å²) in [6, 6.07) is 26.0. The first kappa shape index (κ1) is 26.4. The Hall–Kier alpha value is -4.20. The van der Waals surface area contributed by atoms with E-state index in [9.17, 15) is 9.59 Å². The molecule has 2 heterocycles. The van der Waals surface area contributed by atoms with E-state index in [4.69, 9.17) is 21.4 Å². The zero-order chi connectivity index (χ0) is 27.4. The SMILES string of the molecule is C[C@@H]1CN(C(=O)/C(=C/c2cn(-c3ccccc3)nc2-c2ccccc2)NC(=O)c2ccc(Cl)cc2)C[C@H](C)O1. The summed E-state index contributed by atoms with van der Waals surface area (Å²) in [6.07, 6.45) is 3.33. The van der Waals surface area contributed by atoms with Crippen LogP contribution >= 0.6 is 11.6 Å². The van der Waals surface area contributed by atoms with Crippen LogP contribution in [0, 0.1) is 0 Å². The van der Waals surface area contributed by atoms with Crippen molar-refractivity contribution in [2.24, 2.45) is 0 Å². The Kier molecular flexibility index (Phi) is 7.91. The molecule has 0 unspecified atom stereocenters. The van der Waals surface area contributed by atoms with Gasteiger partial charge in [0.2, 0.25) is 0 Å². The molecule has 0 bridgehead atoms. The molecule has 1 aromatic heterocycles. The van der Waals surface area contributed by atoms with Gasteiger partial charge in [-0.05, 0) is 56.3 Å². The molecule has 0 aliphatic carbocycles. The number of aromatic nitrogens is 2. The number of benzene rings is 3.